The summed E-state index contributed by atoms with van der Waals surface area (Å²) < 4.78 is 11.2. The number of nitrogens with zero attached hydrogens (tertiary/aromatic N) is 1. The van der Waals surface area contributed by atoms with Crippen molar-refractivity contribution < 1.29 is 24.5 Å². The third-order valence-corrected chi connectivity index (χ3v) is 6.34. The topological polar surface area (TPSA) is 79.2 Å². The minimum Gasteiger partial charge on any atom is -0.497 e. The van der Waals surface area contributed by atoms with E-state index in [1.807, 2.05) is 30.3 Å². The average Bonchev–Trinajstić information content (AvgIpc) is 3.03. The van der Waals surface area contributed by atoms with Crippen LogP contribution in [0.4, 0.5) is 4.79 Å². The van der Waals surface area contributed by atoms with Crippen molar-refractivity contribution in [2.24, 2.45) is 0 Å². The number of aliphatic hydroxyl groups excluding tert-OH is 1. The highest BCUT2D eigenvalue weighted by Crippen LogP contribution is 2.40. The fraction of sp³-hybridized carbons (Fsp3) is 0.571. The summed E-state index contributed by atoms with van der Waals surface area (Å²) in [5.74, 6) is -0.345. The molecule has 2 fully saturated rings. The van der Waals surface area contributed by atoms with Gasteiger partial charge in [0.05, 0.1) is 25.4 Å². The van der Waals surface area contributed by atoms with E-state index in [1.54, 1.807) is 12.0 Å². The molecule has 154 valence electrons. The first-order valence-electron chi connectivity index (χ1n) is 9.70. The van der Waals surface area contributed by atoms with Crippen LogP contribution in [0.2, 0.25) is 0 Å². The number of thioether (sulfide) groups is 1. The van der Waals surface area contributed by atoms with Gasteiger partial charge in [0.15, 0.2) is 5.79 Å². The monoisotopic (exact) mass is 407 g/mol. The van der Waals surface area contributed by atoms with E-state index in [1.165, 1.54) is 11.8 Å². The number of ether oxygens (including phenoxy) is 2. The van der Waals surface area contributed by atoms with E-state index in [0.717, 1.165) is 30.6 Å². The molecule has 1 amide bonds. The van der Waals surface area contributed by atoms with Gasteiger partial charge in [0.1, 0.15) is 5.75 Å². The Balaban J connectivity index is 1.72. The summed E-state index contributed by atoms with van der Waals surface area (Å²) in [6, 6.07) is 7.02. The molecule has 6 nitrogen and oxygen atoms in total. The number of carbonyl (C=O) groups excluding carboxylic acids is 1. The van der Waals surface area contributed by atoms with Crippen LogP contribution in [0, 0.1) is 0 Å². The fourth-order valence-corrected chi connectivity index (χ4v) is 5.02. The predicted molar refractivity (Wildman–Crippen MR) is 109 cm³/mol. The van der Waals surface area contributed by atoms with Gasteiger partial charge in [0.25, 0.3) is 5.24 Å². The second kappa shape index (κ2) is 9.31. The Labute approximate surface area is 170 Å². The van der Waals surface area contributed by atoms with E-state index in [2.05, 4.69) is 6.58 Å². The number of rotatable bonds is 8. The maximum atomic E-state index is 12.5. The minimum absolute atomic E-state index is 0.0823. The summed E-state index contributed by atoms with van der Waals surface area (Å²) in [6.07, 6.45) is 4.12. The Morgan fingerprint density at radius 1 is 1.43 bits per heavy atom. The van der Waals surface area contributed by atoms with E-state index in [9.17, 15) is 15.0 Å². The van der Waals surface area contributed by atoms with Gasteiger partial charge in [-0.05, 0) is 43.4 Å². The summed E-state index contributed by atoms with van der Waals surface area (Å²) in [4.78, 5) is 14.2. The zero-order valence-corrected chi connectivity index (χ0v) is 17.1. The lowest BCUT2D eigenvalue weighted by atomic mass is 9.91. The number of allylic oxidation sites excluding steroid dienone is 1. The minimum atomic E-state index is -1.54. The zero-order chi connectivity index (χ0) is 20.1. The van der Waals surface area contributed by atoms with Gasteiger partial charge >= 0.3 is 0 Å². The first kappa shape index (κ1) is 21.2. The molecule has 2 heterocycles. The predicted octanol–water partition coefficient (Wildman–Crippen LogP) is 3.32. The molecule has 2 saturated heterocycles. The van der Waals surface area contributed by atoms with Crippen LogP contribution in [0.25, 0.3) is 0 Å². The quantitative estimate of drug-likeness (QED) is 0.508. The van der Waals surface area contributed by atoms with Crippen molar-refractivity contribution in [3.63, 3.8) is 0 Å². The Hall–Kier alpha value is -1.54. The van der Waals surface area contributed by atoms with E-state index in [4.69, 9.17) is 9.47 Å². The van der Waals surface area contributed by atoms with Gasteiger partial charge in [-0.15, -0.1) is 6.58 Å². The number of carbonyl (C=O) groups is 1. The Bertz CT molecular complexity index is 682. The number of amides is 1. The molecule has 0 aromatic heterocycles. The van der Waals surface area contributed by atoms with E-state index in [-0.39, 0.29) is 17.8 Å². The summed E-state index contributed by atoms with van der Waals surface area (Å²) >= 11 is 1.18. The van der Waals surface area contributed by atoms with E-state index >= 15 is 0 Å². The van der Waals surface area contributed by atoms with Crippen molar-refractivity contribution in [1.82, 2.24) is 4.90 Å². The molecular weight excluding hydrogens is 378 g/mol. The molecule has 1 aromatic rings. The molecule has 0 radical (unpaired) electrons. The number of hydrogen-bond acceptors (Lipinski definition) is 6. The van der Waals surface area contributed by atoms with Crippen molar-refractivity contribution in [3.8, 4) is 5.75 Å². The zero-order valence-electron chi connectivity index (χ0n) is 16.3. The highest BCUT2D eigenvalue weighted by molar-refractivity contribution is 8.13. The standard InChI is InChI=1S/C21H29NO5S/c1-3-4-5-6-18-11-16(23)12-21(25,27-18)19-14-28-20(24)22(19)13-15-7-9-17(26-2)10-8-15/h3,7-10,16,18-19,23,25H,1,4-6,11-14H2,2H3/t16-,18-,19?,21-/m1/s1. The van der Waals surface area contributed by atoms with Crippen LogP contribution < -0.4 is 4.74 Å². The highest BCUT2D eigenvalue weighted by Gasteiger charge is 2.51. The highest BCUT2D eigenvalue weighted by atomic mass is 32.2. The van der Waals surface area contributed by atoms with Crippen LogP contribution >= 0.6 is 11.8 Å². The first-order chi connectivity index (χ1) is 13.4. The molecule has 0 bridgehead atoms. The smallest absolute Gasteiger partial charge is 0.282 e. The number of unbranched alkanes of at least 4 members (excludes halogenated alkanes) is 1. The Morgan fingerprint density at radius 3 is 2.86 bits per heavy atom. The lowest BCUT2D eigenvalue weighted by Crippen LogP contribution is -2.58. The summed E-state index contributed by atoms with van der Waals surface area (Å²) in [5.41, 5.74) is 0.948. The fourth-order valence-electron chi connectivity index (χ4n) is 3.92. The lowest BCUT2D eigenvalue weighted by Gasteiger charge is -2.45. The van der Waals surface area contributed by atoms with E-state index in [0.29, 0.717) is 18.7 Å². The molecule has 2 aliphatic heterocycles. The molecule has 0 spiro atoms. The molecule has 4 atom stereocenters. The molecule has 28 heavy (non-hydrogen) atoms. The molecular formula is C21H29NO5S. The third kappa shape index (κ3) is 4.89. The normalized spacial score (nSPS) is 30.5. The summed E-state index contributed by atoms with van der Waals surface area (Å²) in [5, 5.41) is 21.6. The van der Waals surface area contributed by atoms with Crippen molar-refractivity contribution in [1.29, 1.82) is 0 Å². The SMILES string of the molecule is C=CCCC[C@@H]1C[C@@H](O)C[C@](O)(C2CSC(=O)N2Cc2ccc(OC)cc2)O1. The second-order valence-electron chi connectivity index (χ2n) is 7.47. The van der Waals surface area contributed by atoms with Crippen LogP contribution in [0.1, 0.15) is 37.7 Å². The van der Waals surface area contributed by atoms with Crippen LogP contribution in [0.5, 0.6) is 5.75 Å². The Morgan fingerprint density at radius 2 is 2.18 bits per heavy atom. The second-order valence-corrected chi connectivity index (χ2v) is 8.44. The number of aliphatic hydroxyl groups is 2. The molecule has 0 saturated carbocycles. The Kier molecular flexibility index (Phi) is 7.04. The van der Waals surface area contributed by atoms with Gasteiger partial charge < -0.3 is 24.6 Å². The van der Waals surface area contributed by atoms with Crippen molar-refractivity contribution >= 4 is 17.0 Å². The third-order valence-electron chi connectivity index (χ3n) is 5.38. The van der Waals surface area contributed by atoms with Gasteiger partial charge in [-0.1, -0.05) is 30.0 Å². The lowest BCUT2D eigenvalue weighted by molar-refractivity contribution is -0.292. The average molecular weight is 408 g/mol. The van der Waals surface area contributed by atoms with Gasteiger partial charge in [0.2, 0.25) is 0 Å². The summed E-state index contributed by atoms with van der Waals surface area (Å²) in [6.45, 7) is 4.10. The van der Waals surface area contributed by atoms with Crippen LogP contribution in [-0.2, 0) is 11.3 Å². The molecule has 2 N–H and O–H groups in total. The van der Waals surface area contributed by atoms with E-state index < -0.39 is 17.9 Å². The van der Waals surface area contributed by atoms with Gasteiger partial charge in [-0.2, -0.15) is 0 Å². The van der Waals surface area contributed by atoms with Crippen molar-refractivity contribution in [2.45, 2.75) is 62.7 Å². The van der Waals surface area contributed by atoms with Gasteiger partial charge in [0, 0.05) is 18.7 Å². The van der Waals surface area contributed by atoms with Crippen LogP contribution in [-0.4, -0.2) is 57.3 Å². The molecule has 7 heteroatoms. The number of hydrogen-bond donors (Lipinski definition) is 2. The van der Waals surface area contributed by atoms with Crippen molar-refractivity contribution in [2.75, 3.05) is 12.9 Å². The maximum absolute atomic E-state index is 12.5. The van der Waals surface area contributed by atoms with Gasteiger partial charge in [-0.3, -0.25) is 4.79 Å². The maximum Gasteiger partial charge on any atom is 0.282 e. The molecule has 3 rings (SSSR count). The van der Waals surface area contributed by atoms with Crippen molar-refractivity contribution in [3.05, 3.63) is 42.5 Å². The molecule has 1 unspecified atom stereocenters. The summed E-state index contributed by atoms with van der Waals surface area (Å²) in [7, 11) is 1.61. The van der Waals surface area contributed by atoms with Crippen LogP contribution in [0.15, 0.2) is 36.9 Å². The largest absolute Gasteiger partial charge is 0.497 e. The molecule has 1 aromatic carbocycles. The van der Waals surface area contributed by atoms with Gasteiger partial charge in [-0.25, -0.2) is 0 Å². The number of benzene rings is 1. The molecule has 0 aliphatic carbocycles. The first-order valence-corrected chi connectivity index (χ1v) is 10.7. The van der Waals surface area contributed by atoms with Crippen LogP contribution in [0.3, 0.4) is 0 Å². The number of methoxy groups -OCH3 is 1. The molecule has 2 aliphatic rings.